The lowest BCUT2D eigenvalue weighted by molar-refractivity contribution is -0.138. The van der Waals surface area contributed by atoms with Crippen LogP contribution in [0.1, 0.15) is 39.2 Å². The van der Waals surface area contributed by atoms with Crippen LogP contribution in [0.2, 0.25) is 0 Å². The van der Waals surface area contributed by atoms with Gasteiger partial charge in [0, 0.05) is 5.69 Å². The van der Waals surface area contributed by atoms with E-state index in [4.69, 9.17) is 0 Å². The molecule has 1 aliphatic heterocycles. The summed E-state index contributed by atoms with van der Waals surface area (Å²) in [6.07, 6.45) is 1.18. The van der Waals surface area contributed by atoms with Gasteiger partial charge in [-0.05, 0) is 38.8 Å². The molecule has 1 N–H and O–H groups in total. The molecule has 4 nitrogen and oxygen atoms in total. The molecule has 20 heavy (non-hydrogen) atoms. The van der Waals surface area contributed by atoms with E-state index in [1.165, 1.54) is 0 Å². The summed E-state index contributed by atoms with van der Waals surface area (Å²) in [6.45, 7) is 7.63. The molecule has 4 heteroatoms. The first-order chi connectivity index (χ1) is 9.42. The first kappa shape index (κ1) is 14.6. The molecule has 2 rings (SSSR count). The van der Waals surface area contributed by atoms with Crippen LogP contribution >= 0.6 is 0 Å². The first-order valence-electron chi connectivity index (χ1n) is 7.15. The van der Waals surface area contributed by atoms with Crippen molar-refractivity contribution < 1.29 is 9.59 Å². The second-order valence-corrected chi connectivity index (χ2v) is 5.61. The maximum atomic E-state index is 12.8. The highest BCUT2D eigenvalue weighted by atomic mass is 16.2. The lowest BCUT2D eigenvalue weighted by Gasteiger charge is -2.43. The van der Waals surface area contributed by atoms with E-state index < -0.39 is 11.6 Å². The summed E-state index contributed by atoms with van der Waals surface area (Å²) in [7, 11) is 0. The lowest BCUT2D eigenvalue weighted by Crippen LogP contribution is -2.69. The Bertz CT molecular complexity index is 524. The van der Waals surface area contributed by atoms with Gasteiger partial charge >= 0.3 is 0 Å². The minimum atomic E-state index is -0.812. The Morgan fingerprint density at radius 1 is 1.20 bits per heavy atom. The molecule has 2 amide bonds. The van der Waals surface area contributed by atoms with Gasteiger partial charge in [-0.25, -0.2) is 0 Å². The highest BCUT2D eigenvalue weighted by Gasteiger charge is 2.46. The van der Waals surface area contributed by atoms with Crippen LogP contribution in [0.4, 0.5) is 5.69 Å². The van der Waals surface area contributed by atoms with Crippen LogP contribution < -0.4 is 10.2 Å². The quantitative estimate of drug-likeness (QED) is 0.920. The number of rotatable bonds is 3. The lowest BCUT2D eigenvalue weighted by atomic mass is 9.90. The number of hydrogen-bond donors (Lipinski definition) is 1. The molecule has 0 saturated carbocycles. The predicted molar refractivity (Wildman–Crippen MR) is 79.6 cm³/mol. The summed E-state index contributed by atoms with van der Waals surface area (Å²) in [5, 5.41) is 2.87. The number of carbonyl (C=O) groups excluding carboxylic acids is 2. The Balaban J connectivity index is 2.46. The second kappa shape index (κ2) is 5.27. The van der Waals surface area contributed by atoms with E-state index in [0.717, 1.165) is 11.3 Å². The molecular weight excluding hydrogens is 252 g/mol. The van der Waals surface area contributed by atoms with Crippen LogP contribution in [-0.4, -0.2) is 23.4 Å². The van der Waals surface area contributed by atoms with Gasteiger partial charge in [0.1, 0.15) is 11.6 Å². The number of hydrogen-bond acceptors (Lipinski definition) is 2. The van der Waals surface area contributed by atoms with Crippen LogP contribution in [-0.2, 0) is 9.59 Å². The van der Waals surface area contributed by atoms with Crippen molar-refractivity contribution in [1.82, 2.24) is 5.32 Å². The fraction of sp³-hybridized carbons (Fsp3) is 0.500. The molecule has 0 radical (unpaired) electrons. The molecule has 0 spiro atoms. The average molecular weight is 274 g/mol. The van der Waals surface area contributed by atoms with Crippen LogP contribution in [0.15, 0.2) is 24.3 Å². The molecule has 1 heterocycles. The van der Waals surface area contributed by atoms with Crippen LogP contribution in [0.3, 0.4) is 0 Å². The molecule has 1 fully saturated rings. The minimum absolute atomic E-state index is 0.0321. The van der Waals surface area contributed by atoms with Crippen molar-refractivity contribution >= 4 is 17.5 Å². The summed E-state index contributed by atoms with van der Waals surface area (Å²) in [6, 6.07) is 7.32. The first-order valence-corrected chi connectivity index (χ1v) is 7.15. The van der Waals surface area contributed by atoms with Crippen LogP contribution in [0.25, 0.3) is 0 Å². The van der Waals surface area contributed by atoms with Crippen molar-refractivity contribution in [3.05, 3.63) is 29.8 Å². The third kappa shape index (κ3) is 2.30. The molecule has 2 atom stereocenters. The Hall–Kier alpha value is -1.84. The van der Waals surface area contributed by atoms with E-state index in [1.54, 1.807) is 11.8 Å². The number of nitrogens with one attached hydrogen (secondary N) is 1. The summed E-state index contributed by atoms with van der Waals surface area (Å²) >= 11 is 0. The van der Waals surface area contributed by atoms with Crippen molar-refractivity contribution in [3.8, 4) is 0 Å². The fourth-order valence-electron chi connectivity index (χ4n) is 2.54. The van der Waals surface area contributed by atoms with Gasteiger partial charge < -0.3 is 5.32 Å². The summed E-state index contributed by atoms with van der Waals surface area (Å²) < 4.78 is 0. The van der Waals surface area contributed by atoms with Gasteiger partial charge in [-0.2, -0.15) is 0 Å². The van der Waals surface area contributed by atoms with Crippen molar-refractivity contribution in [3.63, 3.8) is 0 Å². The molecule has 108 valence electrons. The molecule has 1 aliphatic rings. The molecule has 1 aromatic carbocycles. The molecule has 0 aromatic heterocycles. The molecule has 1 saturated heterocycles. The number of carbonyl (C=O) groups is 2. The number of nitrogens with zero attached hydrogens (tertiary/aromatic N) is 1. The van der Waals surface area contributed by atoms with Gasteiger partial charge in [-0.1, -0.05) is 31.5 Å². The summed E-state index contributed by atoms with van der Waals surface area (Å²) in [4.78, 5) is 26.7. The van der Waals surface area contributed by atoms with Gasteiger partial charge in [0.05, 0.1) is 0 Å². The zero-order valence-electron chi connectivity index (χ0n) is 12.6. The molecule has 2 unspecified atom stereocenters. The maximum absolute atomic E-state index is 12.8. The Morgan fingerprint density at radius 3 is 2.30 bits per heavy atom. The number of piperazine rings is 1. The molecule has 0 bridgehead atoms. The monoisotopic (exact) mass is 274 g/mol. The molecular formula is C16H22N2O2. The van der Waals surface area contributed by atoms with E-state index in [9.17, 15) is 9.59 Å². The third-order valence-corrected chi connectivity index (χ3v) is 4.11. The van der Waals surface area contributed by atoms with Gasteiger partial charge in [0.2, 0.25) is 5.91 Å². The highest BCUT2D eigenvalue weighted by Crippen LogP contribution is 2.28. The average Bonchev–Trinajstić information content (AvgIpc) is 2.43. The van der Waals surface area contributed by atoms with Crippen molar-refractivity contribution in [2.75, 3.05) is 4.90 Å². The number of aryl methyl sites for hydroxylation is 1. The summed E-state index contributed by atoms with van der Waals surface area (Å²) in [5.41, 5.74) is 1.11. The molecule has 0 aliphatic carbocycles. The second-order valence-electron chi connectivity index (χ2n) is 5.61. The van der Waals surface area contributed by atoms with E-state index in [1.807, 2.05) is 45.0 Å². The van der Waals surface area contributed by atoms with E-state index >= 15 is 0 Å². The minimum Gasteiger partial charge on any atom is -0.340 e. The van der Waals surface area contributed by atoms with Crippen molar-refractivity contribution in [2.45, 2.75) is 52.1 Å². The molecule has 1 aromatic rings. The Labute approximate surface area is 120 Å². The Morgan fingerprint density at radius 2 is 1.80 bits per heavy atom. The van der Waals surface area contributed by atoms with Gasteiger partial charge in [0.15, 0.2) is 0 Å². The van der Waals surface area contributed by atoms with Crippen LogP contribution in [0, 0.1) is 6.92 Å². The standard InChI is InChI=1S/C16H22N2O2/c1-5-13-14(19)17-16(4,6-2)15(20)18(13)12-9-7-11(3)8-10-12/h7-10,13H,5-6H2,1-4H3,(H,17,19). The fourth-order valence-corrected chi connectivity index (χ4v) is 2.54. The maximum Gasteiger partial charge on any atom is 0.253 e. The van der Waals surface area contributed by atoms with E-state index in [2.05, 4.69) is 5.32 Å². The zero-order valence-corrected chi connectivity index (χ0v) is 12.6. The normalized spacial score (nSPS) is 26.6. The highest BCUT2D eigenvalue weighted by molar-refractivity contribution is 6.10. The zero-order chi connectivity index (χ0) is 14.9. The predicted octanol–water partition coefficient (Wildman–Crippen LogP) is 2.41. The summed E-state index contributed by atoms with van der Waals surface area (Å²) in [5.74, 6) is -0.104. The smallest absolute Gasteiger partial charge is 0.253 e. The largest absolute Gasteiger partial charge is 0.340 e. The van der Waals surface area contributed by atoms with Gasteiger partial charge in [-0.15, -0.1) is 0 Å². The van der Waals surface area contributed by atoms with Crippen molar-refractivity contribution in [1.29, 1.82) is 0 Å². The van der Waals surface area contributed by atoms with Gasteiger partial charge in [0.25, 0.3) is 5.91 Å². The van der Waals surface area contributed by atoms with Crippen LogP contribution in [0.5, 0.6) is 0 Å². The third-order valence-electron chi connectivity index (χ3n) is 4.11. The topological polar surface area (TPSA) is 49.4 Å². The SMILES string of the molecule is CCC1C(=O)NC(C)(CC)C(=O)N1c1ccc(C)cc1. The van der Waals surface area contributed by atoms with Crippen molar-refractivity contribution in [2.24, 2.45) is 0 Å². The number of amides is 2. The van der Waals surface area contributed by atoms with E-state index in [0.29, 0.717) is 12.8 Å². The van der Waals surface area contributed by atoms with Gasteiger partial charge in [-0.3, -0.25) is 14.5 Å². The number of anilines is 1. The Kier molecular flexibility index (Phi) is 3.84. The number of benzene rings is 1. The van der Waals surface area contributed by atoms with E-state index in [-0.39, 0.29) is 11.8 Å².